The highest BCUT2D eigenvalue weighted by molar-refractivity contribution is 9.10. The highest BCUT2D eigenvalue weighted by atomic mass is 79.9. The van der Waals surface area contributed by atoms with Crippen molar-refractivity contribution in [3.8, 4) is 22.9 Å². The van der Waals surface area contributed by atoms with Crippen LogP contribution < -0.4 is 15.0 Å². The normalized spacial score (nSPS) is 11.7. The molecular weight excluding hydrogens is 543 g/mol. The summed E-state index contributed by atoms with van der Waals surface area (Å²) < 4.78 is 51.8. The minimum Gasteiger partial charge on any atom is -0.493 e. The maximum atomic E-state index is 13.3. The van der Waals surface area contributed by atoms with E-state index in [2.05, 4.69) is 26.0 Å². The van der Waals surface area contributed by atoms with E-state index in [1.54, 1.807) is 24.3 Å². The lowest BCUT2D eigenvalue weighted by Gasteiger charge is -2.12. The number of aromatic nitrogens is 2. The van der Waals surface area contributed by atoms with E-state index in [0.29, 0.717) is 15.6 Å². The predicted molar refractivity (Wildman–Crippen MR) is 131 cm³/mol. The number of alkyl halides is 3. The van der Waals surface area contributed by atoms with E-state index >= 15 is 0 Å². The molecule has 0 fully saturated rings. The lowest BCUT2D eigenvalue weighted by Crippen LogP contribution is -2.20. The second kappa shape index (κ2) is 9.94. The first-order chi connectivity index (χ1) is 17.1. The maximum Gasteiger partial charge on any atom is 0.416 e. The van der Waals surface area contributed by atoms with Crippen molar-refractivity contribution in [2.75, 3.05) is 7.11 Å². The minimum absolute atomic E-state index is 0.0617. The number of esters is 1. The highest BCUT2D eigenvalue weighted by Crippen LogP contribution is 2.34. The van der Waals surface area contributed by atoms with Crippen molar-refractivity contribution in [1.82, 2.24) is 9.66 Å². The van der Waals surface area contributed by atoms with E-state index in [1.165, 1.54) is 44.5 Å². The van der Waals surface area contributed by atoms with Crippen LogP contribution in [0, 0.1) is 0 Å². The summed E-state index contributed by atoms with van der Waals surface area (Å²) in [5.41, 5.74) is -0.630. The summed E-state index contributed by atoms with van der Waals surface area (Å²) in [5.74, 6) is -0.207. The zero-order valence-electron chi connectivity index (χ0n) is 18.8. The second-order valence-corrected chi connectivity index (χ2v) is 8.37. The number of rotatable bonds is 5. The molecule has 11 heteroatoms. The number of carbonyl (C=O) groups is 1. The van der Waals surface area contributed by atoms with Crippen LogP contribution in [0.5, 0.6) is 11.5 Å². The van der Waals surface area contributed by atoms with Crippen LogP contribution in [0.4, 0.5) is 13.2 Å². The van der Waals surface area contributed by atoms with Crippen molar-refractivity contribution >= 4 is 39.0 Å². The molecule has 184 valence electrons. The largest absolute Gasteiger partial charge is 0.493 e. The molecule has 4 rings (SSSR count). The summed E-state index contributed by atoms with van der Waals surface area (Å²) in [6.07, 6.45) is -3.26. The molecule has 3 aromatic carbocycles. The van der Waals surface area contributed by atoms with Crippen LogP contribution in [-0.4, -0.2) is 29.0 Å². The number of benzene rings is 3. The average molecular weight is 560 g/mol. The van der Waals surface area contributed by atoms with E-state index in [9.17, 15) is 22.8 Å². The van der Waals surface area contributed by atoms with Gasteiger partial charge < -0.3 is 9.47 Å². The van der Waals surface area contributed by atoms with Crippen molar-refractivity contribution in [3.05, 3.63) is 86.6 Å². The Morgan fingerprint density at radius 1 is 1.08 bits per heavy atom. The molecule has 7 nitrogen and oxygen atoms in total. The Kier molecular flexibility index (Phi) is 6.93. The van der Waals surface area contributed by atoms with Crippen molar-refractivity contribution in [3.63, 3.8) is 0 Å². The Hall–Kier alpha value is -3.99. The van der Waals surface area contributed by atoms with E-state index in [0.717, 1.165) is 16.8 Å². The van der Waals surface area contributed by atoms with Gasteiger partial charge in [0.25, 0.3) is 5.56 Å². The second-order valence-electron chi connectivity index (χ2n) is 7.51. The molecule has 0 aliphatic heterocycles. The van der Waals surface area contributed by atoms with Gasteiger partial charge in [0.15, 0.2) is 17.3 Å². The fourth-order valence-corrected chi connectivity index (χ4v) is 3.84. The Bertz CT molecular complexity index is 1560. The van der Waals surface area contributed by atoms with Gasteiger partial charge in [-0.15, -0.1) is 0 Å². The minimum atomic E-state index is -4.58. The lowest BCUT2D eigenvalue weighted by atomic mass is 10.1. The number of hydrogen-bond donors (Lipinski definition) is 0. The van der Waals surface area contributed by atoms with Crippen LogP contribution >= 0.6 is 15.9 Å². The monoisotopic (exact) mass is 559 g/mol. The number of para-hydroxylation sites is 1. The average Bonchev–Trinajstić information content (AvgIpc) is 2.83. The molecule has 36 heavy (non-hydrogen) atoms. The molecule has 4 aromatic rings. The van der Waals surface area contributed by atoms with Gasteiger partial charge in [0.1, 0.15) is 0 Å². The number of methoxy groups -OCH3 is 1. The maximum absolute atomic E-state index is 13.3. The topological polar surface area (TPSA) is 82.8 Å². The summed E-state index contributed by atoms with van der Waals surface area (Å²) in [7, 11) is 1.39. The van der Waals surface area contributed by atoms with Crippen molar-refractivity contribution in [2.45, 2.75) is 13.1 Å². The summed E-state index contributed by atoms with van der Waals surface area (Å²) in [5, 5.41) is 4.51. The summed E-state index contributed by atoms with van der Waals surface area (Å²) in [6, 6.07) is 14.0. The molecule has 0 spiro atoms. The fraction of sp³-hybridized carbons (Fsp3) is 0.120. The van der Waals surface area contributed by atoms with Crippen LogP contribution in [0.15, 0.2) is 75.0 Å². The number of fused-ring (bicyclic) bond motifs is 1. The predicted octanol–water partition coefficient (Wildman–Crippen LogP) is 5.66. The highest BCUT2D eigenvalue weighted by Gasteiger charge is 2.31. The van der Waals surface area contributed by atoms with Gasteiger partial charge in [-0.1, -0.05) is 24.3 Å². The van der Waals surface area contributed by atoms with Crippen molar-refractivity contribution in [2.24, 2.45) is 5.10 Å². The fourth-order valence-electron chi connectivity index (χ4n) is 3.42. The Balaban J connectivity index is 1.90. The molecule has 0 N–H and O–H groups in total. The zero-order chi connectivity index (χ0) is 26.0. The Labute approximate surface area is 210 Å². The third-order valence-corrected chi connectivity index (χ3v) is 5.74. The number of ether oxygens (including phenoxy) is 2. The molecule has 0 bridgehead atoms. The number of halogens is 4. The molecule has 1 aromatic heterocycles. The first kappa shape index (κ1) is 25.1. The van der Waals surface area contributed by atoms with Gasteiger partial charge in [-0.3, -0.25) is 9.59 Å². The van der Waals surface area contributed by atoms with E-state index in [4.69, 9.17) is 9.47 Å². The molecule has 0 atom stereocenters. The Morgan fingerprint density at radius 2 is 1.83 bits per heavy atom. The number of carbonyl (C=O) groups excluding carboxylic acids is 1. The van der Waals surface area contributed by atoms with Crippen LogP contribution in [0.1, 0.15) is 18.1 Å². The van der Waals surface area contributed by atoms with Gasteiger partial charge in [0.2, 0.25) is 0 Å². The quantitative estimate of drug-likeness (QED) is 0.179. The lowest BCUT2D eigenvalue weighted by molar-refractivity contribution is -0.137. The van der Waals surface area contributed by atoms with Gasteiger partial charge in [0.05, 0.1) is 29.8 Å². The van der Waals surface area contributed by atoms with Gasteiger partial charge in [-0.2, -0.15) is 22.9 Å². The van der Waals surface area contributed by atoms with E-state index < -0.39 is 23.3 Å². The van der Waals surface area contributed by atoms with Crippen molar-refractivity contribution < 1.29 is 27.4 Å². The molecule has 0 radical (unpaired) electrons. The first-order valence-corrected chi connectivity index (χ1v) is 11.2. The zero-order valence-corrected chi connectivity index (χ0v) is 20.4. The number of hydrogen-bond acceptors (Lipinski definition) is 6. The molecule has 0 amide bonds. The van der Waals surface area contributed by atoms with Crippen LogP contribution in [-0.2, 0) is 11.0 Å². The van der Waals surface area contributed by atoms with Crippen LogP contribution in [0.2, 0.25) is 0 Å². The van der Waals surface area contributed by atoms with Crippen LogP contribution in [0.25, 0.3) is 22.3 Å². The van der Waals surface area contributed by atoms with Gasteiger partial charge in [-0.05, 0) is 52.3 Å². The van der Waals surface area contributed by atoms with Crippen molar-refractivity contribution in [1.29, 1.82) is 0 Å². The smallest absolute Gasteiger partial charge is 0.416 e. The molecule has 0 saturated heterocycles. The standard InChI is InChI=1S/C25H17BrF3N3O4/c1-14(33)36-22-12-19(26)16(11-21(22)35-2)13-30-32-23(15-6-5-7-17(10-15)25(27,28)29)31-20-9-4-3-8-18(20)24(32)34/h3-13H,1-2H3. The molecule has 0 unspecified atom stereocenters. The SMILES string of the molecule is COc1cc(C=Nn2c(-c3cccc(C(F)(F)F)c3)nc3ccccc3c2=O)c(Br)cc1OC(C)=O. The van der Waals surface area contributed by atoms with Gasteiger partial charge in [0, 0.05) is 22.5 Å². The summed E-state index contributed by atoms with van der Waals surface area (Å²) >= 11 is 3.36. The van der Waals surface area contributed by atoms with Crippen LogP contribution in [0.3, 0.4) is 0 Å². The molecule has 0 saturated carbocycles. The van der Waals surface area contributed by atoms with E-state index in [-0.39, 0.29) is 28.3 Å². The third kappa shape index (κ3) is 5.15. The molecule has 0 aliphatic rings. The summed E-state index contributed by atoms with van der Waals surface area (Å²) in [4.78, 5) is 29.1. The van der Waals surface area contributed by atoms with Gasteiger partial charge >= 0.3 is 12.1 Å². The third-order valence-electron chi connectivity index (χ3n) is 5.05. The summed E-state index contributed by atoms with van der Waals surface area (Å²) in [6.45, 7) is 1.25. The Morgan fingerprint density at radius 3 is 2.53 bits per heavy atom. The van der Waals surface area contributed by atoms with E-state index in [1.807, 2.05) is 0 Å². The molecular formula is C25H17BrF3N3O4. The molecule has 0 aliphatic carbocycles. The molecule has 1 heterocycles. The first-order valence-electron chi connectivity index (χ1n) is 10.4. The van der Waals surface area contributed by atoms with Gasteiger partial charge in [-0.25, -0.2) is 4.98 Å². The number of nitrogens with zero attached hydrogens (tertiary/aromatic N) is 3.